The second-order valence-corrected chi connectivity index (χ2v) is 5.94. The molecule has 0 saturated carbocycles. The molecule has 0 aromatic carbocycles. The van der Waals surface area contributed by atoms with E-state index in [0.29, 0.717) is 6.61 Å². The van der Waals surface area contributed by atoms with Crippen LogP contribution in [0.15, 0.2) is 0 Å². The van der Waals surface area contributed by atoms with E-state index in [2.05, 4.69) is 6.92 Å². The Morgan fingerprint density at radius 2 is 1.45 bits per heavy atom. The van der Waals surface area contributed by atoms with Crippen molar-refractivity contribution < 1.29 is 14.3 Å². The highest BCUT2D eigenvalue weighted by Gasteiger charge is 2.19. The van der Waals surface area contributed by atoms with Gasteiger partial charge < -0.3 is 9.47 Å². The second kappa shape index (κ2) is 12.2. The number of cyclic esters (lactones) is 1. The number of unbranched alkanes of at least 4 members (excludes halogenated alkanes) is 10. The average Bonchev–Trinajstić information content (AvgIpc) is 2.47. The van der Waals surface area contributed by atoms with E-state index in [0.717, 1.165) is 6.42 Å². The standard InChI is InChI=1S/C17H32O3/c1-2-3-4-5-6-7-8-9-10-11-12-13-16-14-20-17(18)15-19-16/h16H,2-15H2,1H3. The summed E-state index contributed by atoms with van der Waals surface area (Å²) in [5, 5.41) is 0. The number of hydrogen-bond donors (Lipinski definition) is 0. The van der Waals surface area contributed by atoms with Crippen LogP contribution in [-0.4, -0.2) is 25.3 Å². The molecule has 1 aliphatic rings. The molecule has 0 aliphatic carbocycles. The molecule has 1 unspecified atom stereocenters. The molecule has 3 nitrogen and oxygen atoms in total. The Morgan fingerprint density at radius 3 is 1.95 bits per heavy atom. The van der Waals surface area contributed by atoms with Crippen molar-refractivity contribution in [3.8, 4) is 0 Å². The first-order valence-electron chi connectivity index (χ1n) is 8.60. The fourth-order valence-corrected chi connectivity index (χ4v) is 2.66. The molecule has 0 amide bonds. The van der Waals surface area contributed by atoms with E-state index >= 15 is 0 Å². The smallest absolute Gasteiger partial charge is 0.332 e. The van der Waals surface area contributed by atoms with Gasteiger partial charge in [0.05, 0.1) is 6.10 Å². The van der Waals surface area contributed by atoms with Crippen LogP contribution in [0.5, 0.6) is 0 Å². The monoisotopic (exact) mass is 284 g/mol. The van der Waals surface area contributed by atoms with Crippen molar-refractivity contribution in [1.82, 2.24) is 0 Å². The van der Waals surface area contributed by atoms with Gasteiger partial charge in [-0.25, -0.2) is 4.79 Å². The lowest BCUT2D eigenvalue weighted by Crippen LogP contribution is -2.32. The number of carbonyl (C=O) groups excluding carboxylic acids is 1. The summed E-state index contributed by atoms with van der Waals surface area (Å²) in [6.07, 6.45) is 16.2. The normalized spacial score (nSPS) is 19.1. The number of esters is 1. The minimum absolute atomic E-state index is 0.142. The van der Waals surface area contributed by atoms with Crippen molar-refractivity contribution in [2.75, 3.05) is 13.2 Å². The van der Waals surface area contributed by atoms with E-state index in [1.165, 1.54) is 70.6 Å². The quantitative estimate of drug-likeness (QED) is 0.387. The van der Waals surface area contributed by atoms with E-state index in [-0.39, 0.29) is 18.7 Å². The fraction of sp³-hybridized carbons (Fsp3) is 0.941. The van der Waals surface area contributed by atoms with E-state index in [1.807, 2.05) is 0 Å². The van der Waals surface area contributed by atoms with Crippen molar-refractivity contribution >= 4 is 5.97 Å². The molecule has 0 aromatic rings. The van der Waals surface area contributed by atoms with Gasteiger partial charge in [-0.2, -0.15) is 0 Å². The molecule has 3 heteroatoms. The topological polar surface area (TPSA) is 35.5 Å². The molecule has 1 saturated heterocycles. The van der Waals surface area contributed by atoms with Gasteiger partial charge in [0.2, 0.25) is 0 Å². The van der Waals surface area contributed by atoms with Gasteiger partial charge in [-0.15, -0.1) is 0 Å². The molecule has 0 aromatic heterocycles. The number of rotatable bonds is 12. The summed E-state index contributed by atoms with van der Waals surface area (Å²) in [6, 6.07) is 0. The highest BCUT2D eigenvalue weighted by atomic mass is 16.6. The summed E-state index contributed by atoms with van der Waals surface area (Å²) >= 11 is 0. The van der Waals surface area contributed by atoms with Crippen LogP contribution in [0.2, 0.25) is 0 Å². The average molecular weight is 284 g/mol. The molecule has 0 bridgehead atoms. The molecule has 1 aliphatic heterocycles. The first-order valence-corrected chi connectivity index (χ1v) is 8.60. The van der Waals surface area contributed by atoms with Gasteiger partial charge in [0.15, 0.2) is 0 Å². The van der Waals surface area contributed by atoms with Crippen LogP contribution < -0.4 is 0 Å². The van der Waals surface area contributed by atoms with Gasteiger partial charge in [0, 0.05) is 0 Å². The first-order chi connectivity index (χ1) is 9.83. The largest absolute Gasteiger partial charge is 0.461 e. The Balaban J connectivity index is 1.75. The SMILES string of the molecule is CCCCCCCCCCCCCC1COC(=O)CO1. The number of carbonyl (C=O) groups is 1. The fourth-order valence-electron chi connectivity index (χ4n) is 2.66. The molecule has 1 atom stereocenters. The van der Waals surface area contributed by atoms with Gasteiger partial charge in [-0.3, -0.25) is 0 Å². The van der Waals surface area contributed by atoms with Crippen molar-refractivity contribution in [2.24, 2.45) is 0 Å². The van der Waals surface area contributed by atoms with Gasteiger partial charge in [-0.05, 0) is 6.42 Å². The molecular weight excluding hydrogens is 252 g/mol. The second-order valence-electron chi connectivity index (χ2n) is 5.94. The third kappa shape index (κ3) is 9.35. The summed E-state index contributed by atoms with van der Waals surface area (Å²) < 4.78 is 10.4. The molecular formula is C17H32O3. The maximum Gasteiger partial charge on any atom is 0.332 e. The molecule has 0 spiro atoms. The van der Waals surface area contributed by atoms with Crippen LogP contribution in [0, 0.1) is 0 Å². The van der Waals surface area contributed by atoms with Crippen molar-refractivity contribution in [3.05, 3.63) is 0 Å². The summed E-state index contributed by atoms with van der Waals surface area (Å²) in [6.45, 7) is 2.86. The van der Waals surface area contributed by atoms with Crippen molar-refractivity contribution in [3.63, 3.8) is 0 Å². The first kappa shape index (κ1) is 17.5. The number of hydrogen-bond acceptors (Lipinski definition) is 3. The molecule has 20 heavy (non-hydrogen) atoms. The van der Waals surface area contributed by atoms with E-state index in [9.17, 15) is 4.79 Å². The van der Waals surface area contributed by atoms with Gasteiger partial charge in [-0.1, -0.05) is 77.6 Å². The lowest BCUT2D eigenvalue weighted by Gasteiger charge is -2.22. The Bertz CT molecular complexity index is 230. The predicted octanol–water partition coefficient (Wildman–Crippen LogP) is 4.63. The maximum absolute atomic E-state index is 10.8. The third-order valence-corrected chi connectivity index (χ3v) is 4.00. The van der Waals surface area contributed by atoms with E-state index in [4.69, 9.17) is 9.47 Å². The molecule has 1 fully saturated rings. The Kier molecular flexibility index (Phi) is 10.7. The summed E-state index contributed by atoms with van der Waals surface area (Å²) in [5.74, 6) is -0.222. The summed E-state index contributed by atoms with van der Waals surface area (Å²) in [4.78, 5) is 10.8. The van der Waals surface area contributed by atoms with Crippen LogP contribution in [0.3, 0.4) is 0 Å². The Labute approximate surface area is 124 Å². The van der Waals surface area contributed by atoms with E-state index in [1.54, 1.807) is 0 Å². The number of ether oxygens (including phenoxy) is 2. The highest BCUT2D eigenvalue weighted by molar-refractivity contribution is 5.71. The van der Waals surface area contributed by atoms with Crippen LogP contribution in [0.4, 0.5) is 0 Å². The lowest BCUT2D eigenvalue weighted by molar-refractivity contribution is -0.168. The van der Waals surface area contributed by atoms with Gasteiger partial charge >= 0.3 is 5.97 Å². The molecule has 0 radical (unpaired) electrons. The van der Waals surface area contributed by atoms with Crippen LogP contribution in [-0.2, 0) is 14.3 Å². The summed E-state index contributed by atoms with van der Waals surface area (Å²) in [5.41, 5.74) is 0. The predicted molar refractivity (Wildman–Crippen MR) is 81.8 cm³/mol. The van der Waals surface area contributed by atoms with Gasteiger partial charge in [0.1, 0.15) is 13.2 Å². The lowest BCUT2D eigenvalue weighted by atomic mass is 10.0. The summed E-state index contributed by atoms with van der Waals surface area (Å²) in [7, 11) is 0. The molecule has 0 N–H and O–H groups in total. The Morgan fingerprint density at radius 1 is 0.900 bits per heavy atom. The van der Waals surface area contributed by atoms with Crippen LogP contribution in [0.1, 0.15) is 84.0 Å². The zero-order chi connectivity index (χ0) is 14.5. The third-order valence-electron chi connectivity index (χ3n) is 4.00. The minimum Gasteiger partial charge on any atom is -0.461 e. The molecule has 118 valence electrons. The Hall–Kier alpha value is -0.570. The molecule has 1 rings (SSSR count). The zero-order valence-corrected chi connectivity index (χ0v) is 13.2. The van der Waals surface area contributed by atoms with E-state index < -0.39 is 0 Å². The minimum atomic E-state index is -0.222. The maximum atomic E-state index is 10.8. The van der Waals surface area contributed by atoms with Crippen molar-refractivity contribution in [1.29, 1.82) is 0 Å². The van der Waals surface area contributed by atoms with Crippen LogP contribution >= 0.6 is 0 Å². The molecule has 1 heterocycles. The zero-order valence-electron chi connectivity index (χ0n) is 13.2. The van der Waals surface area contributed by atoms with Crippen molar-refractivity contribution in [2.45, 2.75) is 90.1 Å². The van der Waals surface area contributed by atoms with Gasteiger partial charge in [0.25, 0.3) is 0 Å². The van der Waals surface area contributed by atoms with Crippen LogP contribution in [0.25, 0.3) is 0 Å². The highest BCUT2D eigenvalue weighted by Crippen LogP contribution is 2.14.